The van der Waals surface area contributed by atoms with Crippen LogP contribution in [0.3, 0.4) is 0 Å². The number of nitrogens with zero attached hydrogens (tertiary/aromatic N) is 3. The van der Waals surface area contributed by atoms with Gasteiger partial charge in [-0.15, -0.1) is 0 Å². The molecule has 7 nitrogen and oxygen atoms in total. The Hall–Kier alpha value is -3.40. The van der Waals surface area contributed by atoms with E-state index in [2.05, 4.69) is 4.85 Å². The molecule has 0 bridgehead atoms. The van der Waals surface area contributed by atoms with Crippen LogP contribution in [0.4, 0.5) is 5.69 Å². The van der Waals surface area contributed by atoms with Crippen molar-refractivity contribution in [3.8, 4) is 0 Å². The predicted octanol–water partition coefficient (Wildman–Crippen LogP) is 2.87. The summed E-state index contributed by atoms with van der Waals surface area (Å²) in [6, 6.07) is 5.81. The SMILES string of the molecule is [C-]#[N+]C1=C(C)/C(=C/c2ccc(N(C)C)cc2C)C(=O)N(CCCC(=O)O)C1=O. The largest absolute Gasteiger partial charge is 0.481 e. The van der Waals surface area contributed by atoms with Gasteiger partial charge in [0.1, 0.15) is 0 Å². The second kappa shape index (κ2) is 8.53. The first kappa shape index (κ1) is 20.9. The number of carbonyl (C=O) groups excluding carboxylic acids is 2. The van der Waals surface area contributed by atoms with Crippen molar-refractivity contribution in [1.29, 1.82) is 0 Å². The van der Waals surface area contributed by atoms with Crippen molar-refractivity contribution in [1.82, 2.24) is 4.90 Å². The molecule has 0 fully saturated rings. The highest BCUT2D eigenvalue weighted by Gasteiger charge is 2.35. The Kier molecular flexibility index (Phi) is 6.37. The van der Waals surface area contributed by atoms with Gasteiger partial charge in [0, 0.05) is 38.3 Å². The molecule has 0 spiro atoms. The lowest BCUT2D eigenvalue weighted by Crippen LogP contribution is -2.43. The first-order valence-electron chi connectivity index (χ1n) is 8.83. The Morgan fingerprint density at radius 3 is 2.46 bits per heavy atom. The number of imide groups is 1. The Balaban J connectivity index is 2.46. The molecule has 2 rings (SSSR count). The summed E-state index contributed by atoms with van der Waals surface area (Å²) in [6.45, 7) is 10.8. The standard InChI is InChI=1S/C21H23N3O4/c1-13-11-16(23(4)5)9-8-15(13)12-17-14(2)19(22-3)21(28)24(20(17)27)10-6-7-18(25)26/h8-9,11-12H,6-7,10H2,1-2,4-5H3,(H,25,26)/b17-12-. The smallest absolute Gasteiger partial charge is 0.303 e. The summed E-state index contributed by atoms with van der Waals surface area (Å²) >= 11 is 0. The molecule has 2 amide bonds. The van der Waals surface area contributed by atoms with Crippen molar-refractivity contribution in [3.05, 3.63) is 57.6 Å². The van der Waals surface area contributed by atoms with Gasteiger partial charge in [-0.25, -0.2) is 4.85 Å². The third kappa shape index (κ3) is 4.29. The molecule has 0 aromatic heterocycles. The average Bonchev–Trinajstić information content (AvgIpc) is 2.62. The van der Waals surface area contributed by atoms with Crippen LogP contribution in [0.1, 0.15) is 30.9 Å². The van der Waals surface area contributed by atoms with Crippen LogP contribution in [-0.2, 0) is 14.4 Å². The Labute approximate surface area is 164 Å². The van der Waals surface area contributed by atoms with E-state index in [-0.39, 0.29) is 30.7 Å². The summed E-state index contributed by atoms with van der Waals surface area (Å²) in [5.74, 6) is -2.17. The molecule has 0 saturated carbocycles. The van der Waals surface area contributed by atoms with Gasteiger partial charge >= 0.3 is 5.97 Å². The third-order valence-corrected chi connectivity index (χ3v) is 4.64. The van der Waals surface area contributed by atoms with E-state index in [1.165, 1.54) is 0 Å². The summed E-state index contributed by atoms with van der Waals surface area (Å²) in [5.41, 5.74) is 3.31. The average molecular weight is 381 g/mol. The number of amides is 2. The maximum Gasteiger partial charge on any atom is 0.303 e. The molecule has 1 aliphatic heterocycles. The number of anilines is 1. The fraction of sp³-hybridized carbons (Fsp3) is 0.333. The molecule has 0 radical (unpaired) electrons. The lowest BCUT2D eigenvalue weighted by molar-refractivity contribution is -0.142. The number of aliphatic carboxylic acids is 1. The van der Waals surface area contributed by atoms with Crippen LogP contribution in [0, 0.1) is 13.5 Å². The lowest BCUT2D eigenvalue weighted by atomic mass is 9.95. The van der Waals surface area contributed by atoms with E-state index in [1.54, 1.807) is 13.0 Å². The molecule has 0 saturated heterocycles. The molecule has 146 valence electrons. The zero-order chi connectivity index (χ0) is 21.0. The predicted molar refractivity (Wildman–Crippen MR) is 106 cm³/mol. The normalized spacial score (nSPS) is 15.8. The summed E-state index contributed by atoms with van der Waals surface area (Å²) in [4.78, 5) is 42.4. The highest BCUT2D eigenvalue weighted by atomic mass is 16.4. The zero-order valence-corrected chi connectivity index (χ0v) is 16.4. The third-order valence-electron chi connectivity index (χ3n) is 4.64. The van der Waals surface area contributed by atoms with Crippen molar-refractivity contribution in [3.63, 3.8) is 0 Å². The number of carbonyl (C=O) groups is 3. The zero-order valence-electron chi connectivity index (χ0n) is 16.4. The fourth-order valence-electron chi connectivity index (χ4n) is 2.96. The van der Waals surface area contributed by atoms with Gasteiger partial charge in [0.2, 0.25) is 0 Å². The number of aryl methyl sites for hydroxylation is 1. The van der Waals surface area contributed by atoms with Gasteiger partial charge in [0.15, 0.2) is 0 Å². The van der Waals surface area contributed by atoms with Gasteiger partial charge in [-0.1, -0.05) is 6.07 Å². The van der Waals surface area contributed by atoms with Crippen LogP contribution >= 0.6 is 0 Å². The maximum absolute atomic E-state index is 12.9. The van der Waals surface area contributed by atoms with E-state index in [4.69, 9.17) is 11.7 Å². The topological polar surface area (TPSA) is 82.3 Å². The van der Waals surface area contributed by atoms with Gasteiger partial charge in [-0.2, -0.15) is 0 Å². The molecule has 0 unspecified atom stereocenters. The summed E-state index contributed by atoms with van der Waals surface area (Å²) in [7, 11) is 3.88. The molecular weight excluding hydrogens is 358 g/mol. The molecule has 7 heteroatoms. The number of benzene rings is 1. The first-order valence-corrected chi connectivity index (χ1v) is 8.83. The molecule has 1 heterocycles. The van der Waals surface area contributed by atoms with Crippen LogP contribution in [0.5, 0.6) is 0 Å². The van der Waals surface area contributed by atoms with Gasteiger partial charge in [0.05, 0.1) is 6.57 Å². The molecule has 1 N–H and O–H groups in total. The Bertz CT molecular complexity index is 935. The fourth-order valence-corrected chi connectivity index (χ4v) is 2.96. The second-order valence-electron chi connectivity index (χ2n) is 6.84. The molecule has 28 heavy (non-hydrogen) atoms. The Morgan fingerprint density at radius 2 is 1.93 bits per heavy atom. The molecule has 1 aliphatic rings. The van der Waals surface area contributed by atoms with Gasteiger partial charge < -0.3 is 10.0 Å². The number of rotatable bonds is 6. The van der Waals surface area contributed by atoms with Crippen LogP contribution in [0.25, 0.3) is 10.9 Å². The monoisotopic (exact) mass is 381 g/mol. The second-order valence-corrected chi connectivity index (χ2v) is 6.84. The van der Waals surface area contributed by atoms with Crippen molar-refractivity contribution in [2.45, 2.75) is 26.7 Å². The molecular formula is C21H23N3O4. The van der Waals surface area contributed by atoms with Crippen molar-refractivity contribution in [2.75, 3.05) is 25.5 Å². The van der Waals surface area contributed by atoms with Crippen LogP contribution < -0.4 is 4.90 Å². The summed E-state index contributed by atoms with van der Waals surface area (Å²) in [5, 5.41) is 8.79. The first-order chi connectivity index (χ1) is 13.2. The number of carboxylic acid groups (broad SMARTS) is 1. The minimum absolute atomic E-state index is 0.0356. The van der Waals surface area contributed by atoms with Crippen LogP contribution in [-0.4, -0.2) is 48.4 Å². The summed E-state index contributed by atoms with van der Waals surface area (Å²) < 4.78 is 0. The van der Waals surface area contributed by atoms with Crippen LogP contribution in [0.2, 0.25) is 0 Å². The van der Waals surface area contributed by atoms with Crippen molar-refractivity contribution < 1.29 is 19.5 Å². The van der Waals surface area contributed by atoms with E-state index >= 15 is 0 Å². The van der Waals surface area contributed by atoms with E-state index in [9.17, 15) is 14.4 Å². The molecule has 1 aromatic rings. The minimum Gasteiger partial charge on any atom is -0.481 e. The van der Waals surface area contributed by atoms with Gasteiger partial charge in [-0.3, -0.25) is 19.3 Å². The minimum atomic E-state index is -0.999. The highest BCUT2D eigenvalue weighted by Crippen LogP contribution is 2.29. The van der Waals surface area contributed by atoms with Crippen molar-refractivity contribution in [2.24, 2.45) is 0 Å². The quantitative estimate of drug-likeness (QED) is 0.465. The van der Waals surface area contributed by atoms with Crippen LogP contribution in [0.15, 0.2) is 35.0 Å². The van der Waals surface area contributed by atoms with E-state index in [1.807, 2.05) is 44.1 Å². The molecule has 0 aliphatic carbocycles. The lowest BCUT2D eigenvalue weighted by Gasteiger charge is -2.27. The Morgan fingerprint density at radius 1 is 1.25 bits per heavy atom. The van der Waals surface area contributed by atoms with E-state index < -0.39 is 17.8 Å². The number of hydrogen-bond donors (Lipinski definition) is 1. The van der Waals surface area contributed by atoms with E-state index in [0.717, 1.165) is 21.7 Å². The van der Waals surface area contributed by atoms with Gasteiger partial charge in [-0.05, 0) is 55.2 Å². The number of hydrogen-bond acceptors (Lipinski definition) is 4. The maximum atomic E-state index is 12.9. The highest BCUT2D eigenvalue weighted by molar-refractivity contribution is 6.19. The number of carboxylic acids is 1. The molecule has 0 atom stereocenters. The van der Waals surface area contributed by atoms with Gasteiger partial charge in [0.25, 0.3) is 17.5 Å². The van der Waals surface area contributed by atoms with E-state index in [0.29, 0.717) is 5.57 Å². The summed E-state index contributed by atoms with van der Waals surface area (Å²) in [6.07, 6.45) is 1.67. The van der Waals surface area contributed by atoms with Crippen molar-refractivity contribution >= 4 is 29.5 Å². The molecule has 1 aromatic carbocycles.